The van der Waals surface area contributed by atoms with E-state index in [1.54, 1.807) is 4.90 Å². The first kappa shape index (κ1) is 19.9. The van der Waals surface area contributed by atoms with E-state index in [1.807, 2.05) is 49.6 Å². The summed E-state index contributed by atoms with van der Waals surface area (Å²) in [5.41, 5.74) is 2.09. The predicted molar refractivity (Wildman–Crippen MR) is 106 cm³/mol. The van der Waals surface area contributed by atoms with Crippen molar-refractivity contribution in [2.45, 2.75) is 38.4 Å². The second-order valence-electron chi connectivity index (χ2n) is 6.73. The number of aryl methyl sites for hydroxylation is 2. The first-order valence-corrected chi connectivity index (χ1v) is 11.7. The van der Waals surface area contributed by atoms with Gasteiger partial charge >= 0.3 is 0 Å². The van der Waals surface area contributed by atoms with Crippen LogP contribution in [-0.2, 0) is 14.6 Å². The van der Waals surface area contributed by atoms with Crippen molar-refractivity contribution in [1.29, 1.82) is 0 Å². The van der Waals surface area contributed by atoms with Crippen LogP contribution in [0.1, 0.15) is 24.7 Å². The molecule has 0 N–H and O–H groups in total. The van der Waals surface area contributed by atoms with Crippen molar-refractivity contribution in [3.63, 3.8) is 0 Å². The molecule has 1 unspecified atom stereocenters. The molecule has 0 aliphatic carbocycles. The van der Waals surface area contributed by atoms with Crippen LogP contribution in [0.5, 0.6) is 0 Å². The molecule has 1 aromatic heterocycles. The Morgan fingerprint density at radius 1 is 1.33 bits per heavy atom. The number of hydrogen-bond acceptors (Lipinski definition) is 6. The average molecular weight is 409 g/mol. The second-order valence-corrected chi connectivity index (χ2v) is 9.90. The van der Waals surface area contributed by atoms with E-state index in [0.717, 1.165) is 17.1 Å². The molecule has 1 saturated heterocycles. The Labute approximate surface area is 164 Å². The number of carbonyl (C=O) groups excluding carboxylic acids is 1. The number of sulfone groups is 1. The molecule has 1 fully saturated rings. The Bertz CT molecular complexity index is 940. The number of thioether (sulfide) groups is 1. The zero-order valence-corrected chi connectivity index (χ0v) is 17.4. The standard InChI is InChI=1S/C18H24N4O3S2/c1-4-21(16-8-9-27(24,25)12-16)17(23)11-26-18-20-19-14(3)22(18)15-7-5-6-13(2)10-15/h5-7,10,16H,4,8-9,11-12H2,1-3H3. The smallest absolute Gasteiger partial charge is 0.233 e. The first-order valence-electron chi connectivity index (χ1n) is 8.92. The lowest BCUT2D eigenvalue weighted by molar-refractivity contribution is -0.129. The predicted octanol–water partition coefficient (Wildman–Crippen LogP) is 2.01. The number of carbonyl (C=O) groups is 1. The van der Waals surface area contributed by atoms with Gasteiger partial charge in [0.15, 0.2) is 15.0 Å². The van der Waals surface area contributed by atoms with Crippen LogP contribution in [-0.4, -0.2) is 63.8 Å². The molecular formula is C18H24N4O3S2. The summed E-state index contributed by atoms with van der Waals surface area (Å²) in [5.74, 6) is 1.12. The van der Waals surface area contributed by atoms with Crippen LogP contribution in [0.2, 0.25) is 0 Å². The summed E-state index contributed by atoms with van der Waals surface area (Å²) in [4.78, 5) is 14.4. The highest BCUT2D eigenvalue weighted by Gasteiger charge is 2.33. The summed E-state index contributed by atoms with van der Waals surface area (Å²) >= 11 is 1.33. The molecule has 3 rings (SSSR count). The highest BCUT2D eigenvalue weighted by atomic mass is 32.2. The molecule has 2 aromatic rings. The minimum absolute atomic E-state index is 0.0653. The van der Waals surface area contributed by atoms with Crippen LogP contribution >= 0.6 is 11.8 Å². The molecule has 27 heavy (non-hydrogen) atoms. The maximum atomic E-state index is 12.7. The zero-order chi connectivity index (χ0) is 19.6. The Balaban J connectivity index is 1.72. The molecule has 0 spiro atoms. The highest BCUT2D eigenvalue weighted by Crippen LogP contribution is 2.24. The summed E-state index contributed by atoms with van der Waals surface area (Å²) in [6, 6.07) is 7.81. The summed E-state index contributed by atoms with van der Waals surface area (Å²) < 4.78 is 25.4. The zero-order valence-electron chi connectivity index (χ0n) is 15.8. The van der Waals surface area contributed by atoms with E-state index in [2.05, 4.69) is 10.2 Å². The van der Waals surface area contributed by atoms with Gasteiger partial charge in [-0.05, 0) is 44.9 Å². The molecule has 0 radical (unpaired) electrons. The molecule has 9 heteroatoms. The topological polar surface area (TPSA) is 85.2 Å². The van der Waals surface area contributed by atoms with Crippen molar-refractivity contribution in [1.82, 2.24) is 19.7 Å². The third-order valence-corrected chi connectivity index (χ3v) is 7.35. The van der Waals surface area contributed by atoms with Gasteiger partial charge in [0.25, 0.3) is 0 Å². The van der Waals surface area contributed by atoms with Gasteiger partial charge in [0, 0.05) is 18.3 Å². The van der Waals surface area contributed by atoms with Crippen molar-refractivity contribution in [2.75, 3.05) is 23.8 Å². The lowest BCUT2D eigenvalue weighted by Crippen LogP contribution is -2.42. The molecule has 1 aliphatic rings. The number of benzene rings is 1. The molecule has 1 atom stereocenters. The fraction of sp³-hybridized carbons (Fsp3) is 0.500. The van der Waals surface area contributed by atoms with Crippen molar-refractivity contribution in [3.05, 3.63) is 35.7 Å². The normalized spacial score (nSPS) is 18.6. The number of rotatable bonds is 6. The van der Waals surface area contributed by atoms with Crippen LogP contribution < -0.4 is 0 Å². The SMILES string of the molecule is CCN(C(=O)CSc1nnc(C)n1-c1cccc(C)c1)C1CCS(=O)(=O)C1. The first-order chi connectivity index (χ1) is 12.8. The fourth-order valence-corrected chi connectivity index (χ4v) is 5.98. The molecule has 7 nitrogen and oxygen atoms in total. The monoisotopic (exact) mass is 408 g/mol. The summed E-state index contributed by atoms with van der Waals surface area (Å²) in [6.07, 6.45) is 0.519. The van der Waals surface area contributed by atoms with Crippen molar-refractivity contribution in [2.24, 2.45) is 0 Å². The Morgan fingerprint density at radius 2 is 2.11 bits per heavy atom. The number of hydrogen-bond donors (Lipinski definition) is 0. The summed E-state index contributed by atoms with van der Waals surface area (Å²) in [5, 5.41) is 9.01. The number of amides is 1. The third-order valence-electron chi connectivity index (χ3n) is 4.69. The summed E-state index contributed by atoms with van der Waals surface area (Å²) in [7, 11) is -3.02. The van der Waals surface area contributed by atoms with Gasteiger partial charge in [0.2, 0.25) is 5.91 Å². The van der Waals surface area contributed by atoms with E-state index >= 15 is 0 Å². The average Bonchev–Trinajstić information content (AvgIpc) is 3.16. The quantitative estimate of drug-likeness (QED) is 0.680. The van der Waals surface area contributed by atoms with E-state index in [9.17, 15) is 13.2 Å². The summed E-state index contributed by atoms with van der Waals surface area (Å²) in [6.45, 7) is 6.29. The van der Waals surface area contributed by atoms with Crippen LogP contribution in [0.25, 0.3) is 5.69 Å². The van der Waals surface area contributed by atoms with Gasteiger partial charge in [-0.25, -0.2) is 8.42 Å². The Hall–Kier alpha value is -1.87. The maximum absolute atomic E-state index is 12.7. The van der Waals surface area contributed by atoms with E-state index in [4.69, 9.17) is 0 Å². The Morgan fingerprint density at radius 3 is 2.74 bits per heavy atom. The van der Waals surface area contributed by atoms with Crippen LogP contribution in [0.15, 0.2) is 29.4 Å². The van der Waals surface area contributed by atoms with Gasteiger partial charge in [-0.2, -0.15) is 0 Å². The largest absolute Gasteiger partial charge is 0.338 e. The molecule has 1 aliphatic heterocycles. The van der Waals surface area contributed by atoms with E-state index in [1.165, 1.54) is 11.8 Å². The van der Waals surface area contributed by atoms with Crippen LogP contribution in [0, 0.1) is 13.8 Å². The number of aromatic nitrogens is 3. The van der Waals surface area contributed by atoms with Gasteiger partial charge in [0.05, 0.1) is 17.3 Å². The third kappa shape index (κ3) is 4.52. The fourth-order valence-electron chi connectivity index (χ4n) is 3.37. The Kier molecular flexibility index (Phi) is 5.90. The van der Waals surface area contributed by atoms with Gasteiger partial charge < -0.3 is 4.90 Å². The lowest BCUT2D eigenvalue weighted by atomic mass is 10.2. The molecule has 2 heterocycles. The minimum Gasteiger partial charge on any atom is -0.338 e. The highest BCUT2D eigenvalue weighted by molar-refractivity contribution is 7.99. The van der Waals surface area contributed by atoms with Crippen molar-refractivity contribution >= 4 is 27.5 Å². The molecule has 0 saturated carbocycles. The van der Waals surface area contributed by atoms with Gasteiger partial charge in [0.1, 0.15) is 5.82 Å². The van der Waals surface area contributed by atoms with Crippen LogP contribution in [0.4, 0.5) is 0 Å². The molecule has 1 amide bonds. The van der Waals surface area contributed by atoms with Crippen molar-refractivity contribution < 1.29 is 13.2 Å². The van der Waals surface area contributed by atoms with E-state index < -0.39 is 9.84 Å². The minimum atomic E-state index is -3.02. The van der Waals surface area contributed by atoms with Gasteiger partial charge in [-0.15, -0.1) is 10.2 Å². The molecule has 146 valence electrons. The second kappa shape index (κ2) is 8.02. The van der Waals surface area contributed by atoms with Gasteiger partial charge in [-0.3, -0.25) is 9.36 Å². The lowest BCUT2D eigenvalue weighted by Gasteiger charge is -2.26. The molecule has 0 bridgehead atoms. The van der Waals surface area contributed by atoms with E-state index in [0.29, 0.717) is 18.1 Å². The van der Waals surface area contributed by atoms with Crippen LogP contribution in [0.3, 0.4) is 0 Å². The molecule has 1 aromatic carbocycles. The maximum Gasteiger partial charge on any atom is 0.233 e. The van der Waals surface area contributed by atoms with Gasteiger partial charge in [-0.1, -0.05) is 23.9 Å². The number of nitrogens with zero attached hydrogens (tertiary/aromatic N) is 4. The van der Waals surface area contributed by atoms with Crippen molar-refractivity contribution in [3.8, 4) is 5.69 Å². The van der Waals surface area contributed by atoms with E-state index in [-0.39, 0.29) is 29.2 Å². The molecular weight excluding hydrogens is 384 g/mol.